The van der Waals surface area contributed by atoms with Crippen LogP contribution in [-0.4, -0.2) is 54.3 Å². The average molecular weight is 329 g/mol. The van der Waals surface area contributed by atoms with Crippen molar-refractivity contribution in [3.8, 4) is 0 Å². The molecule has 1 aromatic rings. The van der Waals surface area contributed by atoms with Gasteiger partial charge in [0, 0.05) is 45.8 Å². The number of carbonyl (C=O) groups excluding carboxylic acids is 2. The minimum Gasteiger partial charge on any atom is -0.378 e. The maximum atomic E-state index is 13.0. The molecular weight excluding hydrogens is 302 g/mol. The van der Waals surface area contributed by atoms with E-state index in [9.17, 15) is 9.59 Å². The molecule has 3 rings (SSSR count). The third-order valence-corrected chi connectivity index (χ3v) is 5.37. The van der Waals surface area contributed by atoms with Gasteiger partial charge in [0.25, 0.3) is 0 Å². The molecule has 0 bridgehead atoms. The standard InChI is InChI=1S/C19H27N3O2/c1-19(18(24)21-12-4-5-13-21)11-10-17(23)22(19)14-15-6-8-16(9-7-15)20(2)3/h6-9H,4-5,10-14H2,1-3H3/t19-/m0/s1. The van der Waals surface area contributed by atoms with Gasteiger partial charge in [-0.15, -0.1) is 0 Å². The summed E-state index contributed by atoms with van der Waals surface area (Å²) in [5, 5.41) is 0. The van der Waals surface area contributed by atoms with Crippen LogP contribution in [0.3, 0.4) is 0 Å². The van der Waals surface area contributed by atoms with Crippen molar-refractivity contribution in [3.05, 3.63) is 29.8 Å². The van der Waals surface area contributed by atoms with Crippen molar-refractivity contribution in [1.29, 1.82) is 0 Å². The average Bonchev–Trinajstić information content (AvgIpc) is 3.19. The van der Waals surface area contributed by atoms with Crippen LogP contribution in [-0.2, 0) is 16.1 Å². The van der Waals surface area contributed by atoms with E-state index < -0.39 is 5.54 Å². The van der Waals surface area contributed by atoms with Gasteiger partial charge in [-0.1, -0.05) is 12.1 Å². The van der Waals surface area contributed by atoms with E-state index in [1.54, 1.807) is 4.90 Å². The van der Waals surface area contributed by atoms with E-state index in [0.717, 1.165) is 37.2 Å². The molecule has 0 N–H and O–H groups in total. The van der Waals surface area contributed by atoms with Gasteiger partial charge in [0.15, 0.2) is 0 Å². The molecule has 0 aromatic heterocycles. The maximum Gasteiger partial charge on any atom is 0.248 e. The van der Waals surface area contributed by atoms with Crippen molar-refractivity contribution in [3.63, 3.8) is 0 Å². The summed E-state index contributed by atoms with van der Waals surface area (Å²) in [6, 6.07) is 8.19. The molecule has 2 saturated heterocycles. The summed E-state index contributed by atoms with van der Waals surface area (Å²) in [6.45, 7) is 4.09. The van der Waals surface area contributed by atoms with Gasteiger partial charge in [-0.25, -0.2) is 0 Å². The molecule has 0 spiro atoms. The first-order valence-corrected chi connectivity index (χ1v) is 8.78. The van der Waals surface area contributed by atoms with Crippen molar-refractivity contribution in [1.82, 2.24) is 9.80 Å². The van der Waals surface area contributed by atoms with Gasteiger partial charge >= 0.3 is 0 Å². The Morgan fingerprint density at radius 2 is 1.79 bits per heavy atom. The summed E-state index contributed by atoms with van der Waals surface area (Å²) in [6.07, 6.45) is 3.23. The second-order valence-corrected chi connectivity index (χ2v) is 7.31. The molecule has 0 unspecified atom stereocenters. The van der Waals surface area contributed by atoms with E-state index >= 15 is 0 Å². The lowest BCUT2D eigenvalue weighted by Gasteiger charge is -2.37. The molecular formula is C19H27N3O2. The highest BCUT2D eigenvalue weighted by molar-refractivity contribution is 5.94. The first-order chi connectivity index (χ1) is 11.4. The molecule has 1 atom stereocenters. The van der Waals surface area contributed by atoms with Crippen LogP contribution in [0.2, 0.25) is 0 Å². The lowest BCUT2D eigenvalue weighted by molar-refractivity contribution is -0.147. The normalized spacial score (nSPS) is 23.9. The highest BCUT2D eigenvalue weighted by Gasteiger charge is 2.49. The molecule has 5 nitrogen and oxygen atoms in total. The molecule has 2 amide bonds. The number of benzene rings is 1. The van der Waals surface area contributed by atoms with Crippen molar-refractivity contribution in [2.24, 2.45) is 0 Å². The fraction of sp³-hybridized carbons (Fsp3) is 0.579. The van der Waals surface area contributed by atoms with Crippen LogP contribution in [0.5, 0.6) is 0 Å². The van der Waals surface area contributed by atoms with Gasteiger partial charge in [0.2, 0.25) is 11.8 Å². The number of rotatable bonds is 4. The second-order valence-electron chi connectivity index (χ2n) is 7.31. The van der Waals surface area contributed by atoms with E-state index in [1.165, 1.54) is 0 Å². The van der Waals surface area contributed by atoms with Crippen LogP contribution in [0.15, 0.2) is 24.3 Å². The van der Waals surface area contributed by atoms with Crippen molar-refractivity contribution >= 4 is 17.5 Å². The molecule has 5 heteroatoms. The third-order valence-electron chi connectivity index (χ3n) is 5.37. The minimum atomic E-state index is -0.693. The number of hydrogen-bond donors (Lipinski definition) is 0. The first-order valence-electron chi connectivity index (χ1n) is 8.78. The fourth-order valence-electron chi connectivity index (χ4n) is 3.72. The molecule has 2 fully saturated rings. The smallest absolute Gasteiger partial charge is 0.248 e. The fourth-order valence-corrected chi connectivity index (χ4v) is 3.72. The monoisotopic (exact) mass is 329 g/mol. The number of likely N-dealkylation sites (tertiary alicyclic amines) is 2. The van der Waals surface area contributed by atoms with E-state index in [1.807, 2.05) is 43.0 Å². The zero-order valence-electron chi connectivity index (χ0n) is 14.9. The molecule has 1 aromatic carbocycles. The Bertz CT molecular complexity index is 620. The van der Waals surface area contributed by atoms with E-state index in [-0.39, 0.29) is 11.8 Å². The van der Waals surface area contributed by atoms with Crippen LogP contribution in [0.25, 0.3) is 0 Å². The Morgan fingerprint density at radius 1 is 1.17 bits per heavy atom. The first kappa shape index (κ1) is 16.8. The molecule has 0 saturated carbocycles. The lowest BCUT2D eigenvalue weighted by atomic mass is 9.96. The summed E-state index contributed by atoms with van der Waals surface area (Å²) >= 11 is 0. The number of hydrogen-bond acceptors (Lipinski definition) is 3. The van der Waals surface area contributed by atoms with Gasteiger partial charge in [-0.05, 0) is 43.9 Å². The highest BCUT2D eigenvalue weighted by atomic mass is 16.2. The highest BCUT2D eigenvalue weighted by Crippen LogP contribution is 2.34. The van der Waals surface area contributed by atoms with Crippen molar-refractivity contribution in [2.75, 3.05) is 32.1 Å². The summed E-state index contributed by atoms with van der Waals surface area (Å²) in [4.78, 5) is 31.2. The van der Waals surface area contributed by atoms with Crippen molar-refractivity contribution < 1.29 is 9.59 Å². The predicted octanol–water partition coefficient (Wildman–Crippen LogP) is 2.26. The molecule has 2 aliphatic rings. The Morgan fingerprint density at radius 3 is 2.38 bits per heavy atom. The zero-order chi connectivity index (χ0) is 17.3. The van der Waals surface area contributed by atoms with Gasteiger partial charge in [-0.2, -0.15) is 0 Å². The van der Waals surface area contributed by atoms with E-state index in [2.05, 4.69) is 12.1 Å². The Hall–Kier alpha value is -2.04. The van der Waals surface area contributed by atoms with Gasteiger partial charge in [0.05, 0.1) is 0 Å². The summed E-state index contributed by atoms with van der Waals surface area (Å²) in [5.74, 6) is 0.206. The van der Waals surface area contributed by atoms with E-state index in [0.29, 0.717) is 19.4 Å². The summed E-state index contributed by atoms with van der Waals surface area (Å²) in [7, 11) is 4.01. The largest absolute Gasteiger partial charge is 0.378 e. The summed E-state index contributed by atoms with van der Waals surface area (Å²) < 4.78 is 0. The topological polar surface area (TPSA) is 43.9 Å². The maximum absolute atomic E-state index is 13.0. The number of nitrogens with zero attached hydrogens (tertiary/aromatic N) is 3. The van der Waals surface area contributed by atoms with Crippen LogP contribution < -0.4 is 4.90 Å². The molecule has 130 valence electrons. The predicted molar refractivity (Wildman–Crippen MR) is 94.8 cm³/mol. The molecule has 2 heterocycles. The van der Waals surface area contributed by atoms with E-state index in [4.69, 9.17) is 0 Å². The Kier molecular flexibility index (Phi) is 4.52. The number of anilines is 1. The molecule has 0 radical (unpaired) electrons. The number of amides is 2. The quantitative estimate of drug-likeness (QED) is 0.851. The van der Waals surface area contributed by atoms with Gasteiger partial charge in [-0.3, -0.25) is 9.59 Å². The molecule has 24 heavy (non-hydrogen) atoms. The van der Waals surface area contributed by atoms with Gasteiger partial charge in [0.1, 0.15) is 5.54 Å². The summed E-state index contributed by atoms with van der Waals surface area (Å²) in [5.41, 5.74) is 1.50. The SMILES string of the molecule is CN(C)c1ccc(CN2C(=O)CC[C@@]2(C)C(=O)N2CCCC2)cc1. The van der Waals surface area contributed by atoms with Crippen LogP contribution in [0, 0.1) is 0 Å². The van der Waals surface area contributed by atoms with Crippen molar-refractivity contribution in [2.45, 2.75) is 44.7 Å². The molecule has 2 aliphatic heterocycles. The van der Waals surface area contributed by atoms with Crippen LogP contribution >= 0.6 is 0 Å². The Balaban J connectivity index is 1.78. The van der Waals surface area contributed by atoms with Crippen LogP contribution in [0.1, 0.15) is 38.2 Å². The molecule has 0 aliphatic carbocycles. The second kappa shape index (κ2) is 6.46. The Labute approximate surface area is 144 Å². The van der Waals surface area contributed by atoms with Crippen LogP contribution in [0.4, 0.5) is 5.69 Å². The van der Waals surface area contributed by atoms with Gasteiger partial charge < -0.3 is 14.7 Å². The minimum absolute atomic E-state index is 0.0849. The third kappa shape index (κ3) is 2.99. The lowest BCUT2D eigenvalue weighted by Crippen LogP contribution is -2.54. The number of carbonyl (C=O) groups is 2. The zero-order valence-corrected chi connectivity index (χ0v) is 14.9.